The normalized spacial score (nSPS) is 21.1. The van der Waals surface area contributed by atoms with Crippen LogP contribution in [0.5, 0.6) is 5.75 Å². The molecule has 0 spiro atoms. The van der Waals surface area contributed by atoms with Crippen LogP contribution in [0.3, 0.4) is 0 Å². The van der Waals surface area contributed by atoms with E-state index in [1.165, 1.54) is 7.11 Å². The molecule has 1 saturated carbocycles. The van der Waals surface area contributed by atoms with E-state index in [9.17, 15) is 9.59 Å². The van der Waals surface area contributed by atoms with Crippen LogP contribution in [0.15, 0.2) is 36.4 Å². The van der Waals surface area contributed by atoms with Gasteiger partial charge in [-0.2, -0.15) is 0 Å². The Kier molecular flexibility index (Phi) is 3.84. The van der Waals surface area contributed by atoms with Crippen molar-refractivity contribution in [2.45, 2.75) is 18.8 Å². The highest BCUT2D eigenvalue weighted by Gasteiger charge is 2.41. The van der Waals surface area contributed by atoms with Gasteiger partial charge in [0.05, 0.1) is 14.2 Å². The lowest BCUT2D eigenvalue weighted by molar-refractivity contribution is -0.148. The summed E-state index contributed by atoms with van der Waals surface area (Å²) >= 11 is 0. The minimum absolute atomic E-state index is 0.0216. The summed E-state index contributed by atoms with van der Waals surface area (Å²) in [5.41, 5.74) is 1.01. The molecule has 0 aromatic heterocycles. The first-order chi connectivity index (χ1) is 10.6. The zero-order chi connectivity index (χ0) is 15.7. The van der Waals surface area contributed by atoms with Crippen LogP contribution in [0, 0.1) is 5.92 Å². The number of benzene rings is 2. The van der Waals surface area contributed by atoms with Gasteiger partial charge in [-0.1, -0.05) is 24.3 Å². The van der Waals surface area contributed by atoms with Gasteiger partial charge in [0.25, 0.3) is 0 Å². The Labute approximate surface area is 129 Å². The van der Waals surface area contributed by atoms with Gasteiger partial charge in [-0.15, -0.1) is 0 Å². The van der Waals surface area contributed by atoms with E-state index < -0.39 is 11.9 Å². The van der Waals surface area contributed by atoms with Gasteiger partial charge in [-0.3, -0.25) is 9.59 Å². The number of fused-ring (bicyclic) bond motifs is 1. The van der Waals surface area contributed by atoms with E-state index in [-0.39, 0.29) is 11.7 Å². The van der Waals surface area contributed by atoms with Crippen molar-refractivity contribution in [3.63, 3.8) is 0 Å². The van der Waals surface area contributed by atoms with Gasteiger partial charge in [0.2, 0.25) is 0 Å². The van der Waals surface area contributed by atoms with Crippen molar-refractivity contribution in [3.8, 4) is 5.75 Å². The zero-order valence-electron chi connectivity index (χ0n) is 12.7. The molecule has 4 nitrogen and oxygen atoms in total. The lowest BCUT2D eigenvalue weighted by atomic mass is 9.87. The average Bonchev–Trinajstić information content (AvgIpc) is 2.94. The molecule has 0 heterocycles. The molecule has 1 aliphatic rings. The summed E-state index contributed by atoms with van der Waals surface area (Å²) in [6.07, 6.45) is 1.13. The van der Waals surface area contributed by atoms with Crippen LogP contribution in [-0.4, -0.2) is 26.0 Å². The highest BCUT2D eigenvalue weighted by atomic mass is 16.5. The molecule has 2 aromatic carbocycles. The maximum Gasteiger partial charge on any atom is 0.316 e. The van der Waals surface area contributed by atoms with Crippen molar-refractivity contribution in [2.75, 3.05) is 14.2 Å². The number of carbonyl (C=O) groups is 2. The average molecular weight is 298 g/mol. The van der Waals surface area contributed by atoms with Crippen LogP contribution in [-0.2, 0) is 14.3 Å². The molecule has 3 rings (SSSR count). The lowest BCUT2D eigenvalue weighted by Crippen LogP contribution is -2.25. The Hall–Kier alpha value is -2.36. The molecule has 0 N–H and O–H groups in total. The maximum absolute atomic E-state index is 12.0. The molecule has 22 heavy (non-hydrogen) atoms. The number of hydrogen-bond donors (Lipinski definition) is 0. The van der Waals surface area contributed by atoms with Crippen LogP contribution in [0.1, 0.15) is 24.3 Å². The molecule has 1 aliphatic carbocycles. The first-order valence-electron chi connectivity index (χ1n) is 7.32. The minimum atomic E-state index is -0.666. The minimum Gasteiger partial charge on any atom is -0.497 e. The van der Waals surface area contributed by atoms with Crippen molar-refractivity contribution in [1.29, 1.82) is 0 Å². The van der Waals surface area contributed by atoms with Crippen molar-refractivity contribution in [1.82, 2.24) is 0 Å². The first-order valence-corrected chi connectivity index (χ1v) is 7.32. The zero-order valence-corrected chi connectivity index (χ0v) is 12.7. The summed E-state index contributed by atoms with van der Waals surface area (Å²) in [6, 6.07) is 11.9. The molecule has 0 aliphatic heterocycles. The van der Waals surface area contributed by atoms with Crippen LogP contribution in [0.2, 0.25) is 0 Å². The van der Waals surface area contributed by atoms with Gasteiger partial charge in [0.15, 0.2) is 0 Å². The molecule has 4 heteroatoms. The fraction of sp³-hybridized carbons (Fsp3) is 0.333. The summed E-state index contributed by atoms with van der Waals surface area (Å²) in [6.45, 7) is 0. The second kappa shape index (κ2) is 5.79. The number of hydrogen-bond acceptors (Lipinski definition) is 4. The first kappa shape index (κ1) is 14.6. The molecule has 114 valence electrons. The second-order valence-corrected chi connectivity index (χ2v) is 5.58. The predicted molar refractivity (Wildman–Crippen MR) is 83.0 cm³/mol. The molecule has 2 atom stereocenters. The van der Waals surface area contributed by atoms with E-state index in [0.29, 0.717) is 12.8 Å². The number of carbonyl (C=O) groups excluding carboxylic acids is 2. The van der Waals surface area contributed by atoms with E-state index in [4.69, 9.17) is 9.47 Å². The Morgan fingerprint density at radius 3 is 2.55 bits per heavy atom. The van der Waals surface area contributed by atoms with E-state index in [0.717, 1.165) is 22.1 Å². The van der Waals surface area contributed by atoms with Crippen molar-refractivity contribution in [2.24, 2.45) is 5.92 Å². The van der Waals surface area contributed by atoms with Crippen LogP contribution in [0.4, 0.5) is 0 Å². The third-order valence-corrected chi connectivity index (χ3v) is 4.41. The Bertz CT molecular complexity index is 735. The van der Waals surface area contributed by atoms with Gasteiger partial charge in [0.1, 0.15) is 17.5 Å². The standard InChI is InChI=1S/C18H18O4/c1-21-14-6-5-11-9-13(4-3-12(11)10-14)15-7-8-16(19)17(15)18(20)22-2/h3-6,9-10,15,17H,7-8H2,1-2H3. The second-order valence-electron chi connectivity index (χ2n) is 5.58. The SMILES string of the molecule is COC(=O)C1C(=O)CCC1c1ccc2cc(OC)ccc2c1. The highest BCUT2D eigenvalue weighted by molar-refractivity contribution is 6.02. The number of methoxy groups -OCH3 is 2. The molecule has 0 bridgehead atoms. The predicted octanol–water partition coefficient (Wildman–Crippen LogP) is 3.08. The fourth-order valence-electron chi connectivity index (χ4n) is 3.23. The quantitative estimate of drug-likeness (QED) is 0.645. The highest BCUT2D eigenvalue weighted by Crippen LogP contribution is 2.39. The van der Waals surface area contributed by atoms with E-state index >= 15 is 0 Å². The molecule has 0 amide bonds. The topological polar surface area (TPSA) is 52.6 Å². The summed E-state index contributed by atoms with van der Waals surface area (Å²) in [5, 5.41) is 2.14. The van der Waals surface area contributed by atoms with Crippen molar-refractivity contribution < 1.29 is 19.1 Å². The molecule has 1 fully saturated rings. The summed E-state index contributed by atoms with van der Waals surface area (Å²) < 4.78 is 10.0. The Balaban J connectivity index is 1.99. The monoisotopic (exact) mass is 298 g/mol. The third kappa shape index (κ3) is 2.45. The lowest BCUT2D eigenvalue weighted by Gasteiger charge is -2.17. The van der Waals surface area contributed by atoms with E-state index in [1.54, 1.807) is 7.11 Å². The van der Waals surface area contributed by atoms with Crippen LogP contribution in [0.25, 0.3) is 10.8 Å². The smallest absolute Gasteiger partial charge is 0.316 e. The van der Waals surface area contributed by atoms with Gasteiger partial charge in [-0.05, 0) is 34.9 Å². The number of ketones is 1. The molecule has 0 radical (unpaired) electrons. The summed E-state index contributed by atoms with van der Waals surface area (Å²) in [5.74, 6) is -0.398. The van der Waals surface area contributed by atoms with Crippen molar-refractivity contribution >= 4 is 22.5 Å². The van der Waals surface area contributed by atoms with Gasteiger partial charge in [-0.25, -0.2) is 0 Å². The van der Waals surface area contributed by atoms with E-state index in [1.807, 2.05) is 36.4 Å². The fourth-order valence-corrected chi connectivity index (χ4v) is 3.23. The van der Waals surface area contributed by atoms with Gasteiger partial charge in [0, 0.05) is 12.3 Å². The summed E-state index contributed by atoms with van der Waals surface area (Å²) in [4.78, 5) is 23.9. The van der Waals surface area contributed by atoms with Crippen molar-refractivity contribution in [3.05, 3.63) is 42.0 Å². The molecule has 0 saturated heterocycles. The number of ether oxygens (including phenoxy) is 2. The molecular formula is C18H18O4. The summed E-state index contributed by atoms with van der Waals surface area (Å²) in [7, 11) is 2.97. The largest absolute Gasteiger partial charge is 0.497 e. The number of Topliss-reactive ketones (excluding diaryl/α,β-unsaturated/α-hetero) is 1. The number of esters is 1. The van der Waals surface area contributed by atoms with E-state index in [2.05, 4.69) is 0 Å². The van der Waals surface area contributed by atoms with Gasteiger partial charge >= 0.3 is 5.97 Å². The van der Waals surface area contributed by atoms with Crippen LogP contribution >= 0.6 is 0 Å². The Morgan fingerprint density at radius 2 is 1.82 bits per heavy atom. The molecular weight excluding hydrogens is 280 g/mol. The Morgan fingerprint density at radius 1 is 1.09 bits per heavy atom. The number of rotatable bonds is 3. The van der Waals surface area contributed by atoms with Gasteiger partial charge < -0.3 is 9.47 Å². The molecule has 2 unspecified atom stereocenters. The molecule has 2 aromatic rings. The third-order valence-electron chi connectivity index (χ3n) is 4.41. The van der Waals surface area contributed by atoms with Crippen LogP contribution < -0.4 is 4.74 Å². The maximum atomic E-state index is 12.0.